The van der Waals surface area contributed by atoms with Crippen molar-refractivity contribution in [2.75, 3.05) is 5.32 Å². The van der Waals surface area contributed by atoms with Crippen molar-refractivity contribution in [1.82, 2.24) is 9.55 Å². The molecule has 0 unspecified atom stereocenters. The van der Waals surface area contributed by atoms with Gasteiger partial charge in [-0.15, -0.1) is 0 Å². The van der Waals surface area contributed by atoms with Crippen molar-refractivity contribution in [2.24, 2.45) is 0 Å². The fraction of sp³-hybridized carbons (Fsp3) is 0.118. The Balaban J connectivity index is 2.13. The van der Waals surface area contributed by atoms with Gasteiger partial charge in [0.2, 0.25) is 0 Å². The number of benzene rings is 1. The predicted molar refractivity (Wildman–Crippen MR) is 86.5 cm³/mol. The molecule has 1 N–H and O–H groups in total. The highest BCUT2D eigenvalue weighted by Crippen LogP contribution is 2.20. The molecular formula is C17H12F3N3O2. The zero-order valence-electron chi connectivity index (χ0n) is 12.7. The number of hydrogen-bond donors (Lipinski definition) is 1. The first-order valence-corrected chi connectivity index (χ1v) is 7.26. The number of nitrogens with zero attached hydrogens (tertiary/aromatic N) is 2. The number of hydrogen-bond acceptors (Lipinski definition) is 3. The molecule has 3 rings (SSSR count). The van der Waals surface area contributed by atoms with Gasteiger partial charge < -0.3 is 5.32 Å². The molecule has 25 heavy (non-hydrogen) atoms. The number of rotatable bonds is 3. The largest absolute Gasteiger partial charge is 0.406 e. The fourth-order valence-electron chi connectivity index (χ4n) is 2.45. The first-order valence-electron chi connectivity index (χ1n) is 7.26. The van der Waals surface area contributed by atoms with Gasteiger partial charge in [-0.3, -0.25) is 19.1 Å². The molecule has 1 aromatic carbocycles. The number of aromatic nitrogens is 2. The molecule has 0 fully saturated rings. The maximum atomic E-state index is 12.9. The molecule has 0 saturated carbocycles. The third kappa shape index (κ3) is 3.68. The summed E-state index contributed by atoms with van der Waals surface area (Å²) in [6.45, 7) is -1.55. The lowest BCUT2D eigenvalue weighted by atomic mass is 10.1. The van der Waals surface area contributed by atoms with E-state index in [-0.39, 0.29) is 11.1 Å². The van der Waals surface area contributed by atoms with Crippen LogP contribution in [0, 0.1) is 0 Å². The van der Waals surface area contributed by atoms with E-state index in [0.29, 0.717) is 15.6 Å². The summed E-state index contributed by atoms with van der Waals surface area (Å²) in [5.41, 5.74) is -0.927. The quantitative estimate of drug-likeness (QED) is 0.791. The molecule has 5 nitrogen and oxygen atoms in total. The normalized spacial score (nSPS) is 11.5. The summed E-state index contributed by atoms with van der Waals surface area (Å²) in [6, 6.07) is 10.6. The Morgan fingerprint density at radius 2 is 1.92 bits per heavy atom. The molecule has 1 amide bonds. The molecular weight excluding hydrogens is 335 g/mol. The van der Waals surface area contributed by atoms with E-state index in [1.165, 1.54) is 30.6 Å². The topological polar surface area (TPSA) is 64.0 Å². The first kappa shape index (κ1) is 16.7. The fourth-order valence-corrected chi connectivity index (χ4v) is 2.45. The summed E-state index contributed by atoms with van der Waals surface area (Å²) >= 11 is 0. The van der Waals surface area contributed by atoms with Crippen molar-refractivity contribution >= 4 is 22.4 Å². The summed E-state index contributed by atoms with van der Waals surface area (Å²) in [7, 11) is 0. The van der Waals surface area contributed by atoms with Crippen molar-refractivity contribution in [3.8, 4) is 0 Å². The minimum atomic E-state index is -4.64. The Bertz CT molecular complexity index is 982. The highest BCUT2D eigenvalue weighted by atomic mass is 19.4. The second-order valence-corrected chi connectivity index (χ2v) is 5.32. The Kier molecular flexibility index (Phi) is 4.26. The minimum absolute atomic E-state index is 0.115. The van der Waals surface area contributed by atoms with Gasteiger partial charge in [0.25, 0.3) is 11.5 Å². The van der Waals surface area contributed by atoms with E-state index in [0.717, 1.165) is 0 Å². The molecule has 0 aliphatic carbocycles. The average molecular weight is 347 g/mol. The standard InChI is InChI=1S/C17H12F3N3O2/c18-17(19,20)10-23-14(15(24)22-12-5-3-7-21-9-12)8-11-4-1-2-6-13(11)16(23)25/h1-9H,10H2,(H,22,24). The molecule has 3 aromatic rings. The lowest BCUT2D eigenvalue weighted by Crippen LogP contribution is -2.33. The smallest absolute Gasteiger partial charge is 0.319 e. The Hall–Kier alpha value is -3.16. The van der Waals surface area contributed by atoms with Gasteiger partial charge in [0.15, 0.2) is 0 Å². The number of anilines is 1. The van der Waals surface area contributed by atoms with Crippen molar-refractivity contribution in [2.45, 2.75) is 12.7 Å². The van der Waals surface area contributed by atoms with Gasteiger partial charge in [-0.1, -0.05) is 18.2 Å². The number of carbonyl (C=O) groups is 1. The summed E-state index contributed by atoms with van der Waals surface area (Å²) in [4.78, 5) is 28.7. The number of alkyl halides is 3. The number of fused-ring (bicyclic) bond motifs is 1. The highest BCUT2D eigenvalue weighted by molar-refractivity contribution is 6.05. The summed E-state index contributed by atoms with van der Waals surface area (Å²) in [5.74, 6) is -0.819. The SMILES string of the molecule is O=C(Nc1cccnc1)c1cc2ccccc2c(=O)n1CC(F)(F)F. The van der Waals surface area contributed by atoms with E-state index in [2.05, 4.69) is 10.3 Å². The van der Waals surface area contributed by atoms with Crippen LogP contribution in [-0.4, -0.2) is 21.6 Å². The monoisotopic (exact) mass is 347 g/mol. The van der Waals surface area contributed by atoms with E-state index in [1.54, 1.807) is 24.3 Å². The molecule has 2 aromatic heterocycles. The number of nitrogens with one attached hydrogen (secondary N) is 1. The van der Waals surface area contributed by atoms with Gasteiger partial charge in [0.1, 0.15) is 12.2 Å². The Morgan fingerprint density at radius 1 is 1.16 bits per heavy atom. The van der Waals surface area contributed by atoms with Crippen molar-refractivity contribution in [1.29, 1.82) is 0 Å². The first-order chi connectivity index (χ1) is 11.8. The molecule has 0 aliphatic heterocycles. The molecule has 0 bridgehead atoms. The summed E-state index contributed by atoms with van der Waals surface area (Å²) in [6.07, 6.45) is -1.80. The van der Waals surface area contributed by atoms with Crippen LogP contribution in [0.5, 0.6) is 0 Å². The zero-order valence-corrected chi connectivity index (χ0v) is 12.7. The highest BCUT2D eigenvalue weighted by Gasteiger charge is 2.31. The van der Waals surface area contributed by atoms with Crippen LogP contribution in [0.25, 0.3) is 10.8 Å². The van der Waals surface area contributed by atoms with Gasteiger partial charge >= 0.3 is 6.18 Å². The van der Waals surface area contributed by atoms with Crippen LogP contribution >= 0.6 is 0 Å². The molecule has 2 heterocycles. The minimum Gasteiger partial charge on any atom is -0.319 e. The number of halogens is 3. The zero-order chi connectivity index (χ0) is 18.0. The van der Waals surface area contributed by atoms with Crippen molar-refractivity contribution in [3.63, 3.8) is 0 Å². The molecule has 0 radical (unpaired) electrons. The van der Waals surface area contributed by atoms with Crippen LogP contribution in [0.4, 0.5) is 18.9 Å². The Morgan fingerprint density at radius 3 is 2.60 bits per heavy atom. The van der Waals surface area contributed by atoms with Crippen LogP contribution in [0.1, 0.15) is 10.5 Å². The lowest BCUT2D eigenvalue weighted by molar-refractivity contribution is -0.141. The van der Waals surface area contributed by atoms with Crippen LogP contribution in [0.2, 0.25) is 0 Å². The van der Waals surface area contributed by atoms with Crippen LogP contribution < -0.4 is 10.9 Å². The third-order valence-electron chi connectivity index (χ3n) is 3.51. The van der Waals surface area contributed by atoms with Gasteiger partial charge in [-0.2, -0.15) is 13.2 Å². The third-order valence-corrected chi connectivity index (χ3v) is 3.51. The number of carbonyl (C=O) groups excluding carboxylic acids is 1. The van der Waals surface area contributed by atoms with Crippen LogP contribution in [0.3, 0.4) is 0 Å². The molecule has 0 spiro atoms. The van der Waals surface area contributed by atoms with Crippen molar-refractivity contribution in [3.05, 3.63) is 70.9 Å². The lowest BCUT2D eigenvalue weighted by Gasteiger charge is -2.16. The number of pyridine rings is 2. The van der Waals surface area contributed by atoms with Crippen LogP contribution in [0.15, 0.2) is 59.7 Å². The average Bonchev–Trinajstić information content (AvgIpc) is 2.57. The molecule has 0 saturated heterocycles. The number of amides is 1. The summed E-state index contributed by atoms with van der Waals surface area (Å²) in [5, 5.41) is 2.95. The van der Waals surface area contributed by atoms with Crippen LogP contribution in [-0.2, 0) is 6.54 Å². The van der Waals surface area contributed by atoms with Gasteiger partial charge in [0, 0.05) is 11.6 Å². The van der Waals surface area contributed by atoms with E-state index in [9.17, 15) is 22.8 Å². The summed E-state index contributed by atoms with van der Waals surface area (Å²) < 4.78 is 39.1. The molecule has 128 valence electrons. The van der Waals surface area contributed by atoms with E-state index >= 15 is 0 Å². The van der Waals surface area contributed by atoms with E-state index < -0.39 is 24.2 Å². The second kappa shape index (κ2) is 6.39. The molecule has 0 aliphatic rings. The van der Waals surface area contributed by atoms with Crippen molar-refractivity contribution < 1.29 is 18.0 Å². The predicted octanol–water partition coefficient (Wildman–Crippen LogP) is 3.21. The van der Waals surface area contributed by atoms with E-state index in [4.69, 9.17) is 0 Å². The molecule has 0 atom stereocenters. The Labute approximate surface area is 139 Å². The second-order valence-electron chi connectivity index (χ2n) is 5.32. The maximum absolute atomic E-state index is 12.9. The van der Waals surface area contributed by atoms with Gasteiger partial charge in [0.05, 0.1) is 11.9 Å². The molecule has 8 heteroatoms. The van der Waals surface area contributed by atoms with Gasteiger partial charge in [-0.25, -0.2) is 0 Å². The maximum Gasteiger partial charge on any atom is 0.406 e. The van der Waals surface area contributed by atoms with Gasteiger partial charge in [-0.05, 0) is 29.7 Å². The van der Waals surface area contributed by atoms with E-state index in [1.807, 2.05) is 0 Å².